The minimum Gasteiger partial charge on any atom is -0.507 e. The maximum Gasteiger partial charge on any atom is 0.301 e. The highest BCUT2D eigenvalue weighted by Gasteiger charge is 2.48. The van der Waals surface area contributed by atoms with Crippen LogP contribution in [0.2, 0.25) is 5.02 Å². The van der Waals surface area contributed by atoms with Crippen LogP contribution in [0.5, 0.6) is 11.5 Å². The highest BCUT2D eigenvalue weighted by molar-refractivity contribution is 7.22. The number of benzene rings is 2. The van der Waals surface area contributed by atoms with Crippen LogP contribution in [0.15, 0.2) is 59.5 Å². The topological polar surface area (TPSA) is 89.0 Å². The quantitative estimate of drug-likeness (QED) is 0.165. The van der Waals surface area contributed by atoms with Crippen molar-refractivity contribution in [1.29, 1.82) is 0 Å². The summed E-state index contributed by atoms with van der Waals surface area (Å²) in [4.78, 5) is 33.4. The van der Waals surface area contributed by atoms with Crippen LogP contribution in [0.25, 0.3) is 16.0 Å². The molecule has 36 heavy (non-hydrogen) atoms. The molecule has 1 saturated heterocycles. The van der Waals surface area contributed by atoms with Crippen LogP contribution < -0.4 is 14.4 Å². The molecule has 7 nitrogen and oxygen atoms in total. The minimum absolute atomic E-state index is 0.0125. The van der Waals surface area contributed by atoms with Crippen molar-refractivity contribution in [2.24, 2.45) is 0 Å². The average Bonchev–Trinajstić information content (AvgIpc) is 3.59. The first-order valence-corrected chi connectivity index (χ1v) is 13.3. The molecule has 5 rings (SSSR count). The Kier molecular flexibility index (Phi) is 6.70. The zero-order valence-corrected chi connectivity index (χ0v) is 21.7. The number of aromatic nitrogens is 1. The van der Waals surface area contributed by atoms with Crippen molar-refractivity contribution in [3.05, 3.63) is 74.9 Å². The smallest absolute Gasteiger partial charge is 0.301 e. The Bertz CT molecular complexity index is 1500. The number of aliphatic hydroxyl groups is 1. The lowest BCUT2D eigenvalue weighted by atomic mass is 10.00. The minimum atomic E-state index is -0.830. The second-order valence-corrected chi connectivity index (χ2v) is 10.2. The van der Waals surface area contributed by atoms with Crippen molar-refractivity contribution in [3.63, 3.8) is 0 Å². The van der Waals surface area contributed by atoms with Crippen LogP contribution in [0.4, 0.5) is 5.13 Å². The maximum absolute atomic E-state index is 13.4. The summed E-state index contributed by atoms with van der Waals surface area (Å²) in [5, 5.41) is 13.9. The summed E-state index contributed by atoms with van der Waals surface area (Å²) in [6, 6.07) is 13.1. The molecular weight excluding hydrogens is 520 g/mol. The fourth-order valence-electron chi connectivity index (χ4n) is 4.07. The third kappa shape index (κ3) is 4.23. The van der Waals surface area contributed by atoms with Crippen LogP contribution in [-0.2, 0) is 9.59 Å². The SMILES string of the molecule is CCOc1ccc2nc(N3C(=O)C(=O)/C(=C(/O)c4ccc(Cl)c(OCC)c4)C3c3cccs3)sc2c1. The largest absolute Gasteiger partial charge is 0.507 e. The standard InChI is InChI=1S/C26H21ClN2O5S2/c1-3-33-15-8-10-17-20(13-15)36-26(28-17)29-22(19-6-5-11-35-19)21(24(31)25(29)32)23(30)14-7-9-16(27)18(12-14)34-4-2/h5-13,22,30H,3-4H2,1-2H3/b23-21+. The first kappa shape index (κ1) is 24.3. The number of ketones is 1. The number of rotatable bonds is 7. The molecule has 0 aliphatic carbocycles. The number of halogens is 1. The van der Waals surface area contributed by atoms with Gasteiger partial charge in [-0.3, -0.25) is 14.5 Å². The number of thiazole rings is 1. The lowest BCUT2D eigenvalue weighted by molar-refractivity contribution is -0.132. The molecule has 4 aromatic rings. The van der Waals surface area contributed by atoms with Crippen molar-refractivity contribution in [1.82, 2.24) is 4.98 Å². The van der Waals surface area contributed by atoms with E-state index in [1.165, 1.54) is 27.6 Å². The zero-order chi connectivity index (χ0) is 25.4. The number of carbonyl (C=O) groups excluding carboxylic acids is 2. The highest BCUT2D eigenvalue weighted by Crippen LogP contribution is 2.46. The Morgan fingerprint density at radius 1 is 1.11 bits per heavy atom. The van der Waals surface area contributed by atoms with E-state index in [2.05, 4.69) is 4.98 Å². The summed E-state index contributed by atoms with van der Waals surface area (Å²) in [5.41, 5.74) is 0.999. The molecule has 1 N–H and O–H groups in total. The van der Waals surface area contributed by atoms with Crippen molar-refractivity contribution >= 4 is 67.1 Å². The van der Waals surface area contributed by atoms with Gasteiger partial charge in [0.15, 0.2) is 5.13 Å². The summed E-state index contributed by atoms with van der Waals surface area (Å²) in [6.07, 6.45) is 0. The Morgan fingerprint density at radius 3 is 2.64 bits per heavy atom. The van der Waals surface area contributed by atoms with Gasteiger partial charge < -0.3 is 14.6 Å². The van der Waals surface area contributed by atoms with E-state index >= 15 is 0 Å². The van der Waals surface area contributed by atoms with Crippen molar-refractivity contribution in [2.45, 2.75) is 19.9 Å². The summed E-state index contributed by atoms with van der Waals surface area (Å²) in [5.74, 6) is -0.760. The predicted octanol–water partition coefficient (Wildman–Crippen LogP) is 6.43. The van der Waals surface area contributed by atoms with Crippen LogP contribution in [0.1, 0.15) is 30.3 Å². The van der Waals surface area contributed by atoms with Crippen LogP contribution in [-0.4, -0.2) is 35.0 Å². The summed E-state index contributed by atoms with van der Waals surface area (Å²) < 4.78 is 12.0. The lowest BCUT2D eigenvalue weighted by Crippen LogP contribution is -2.28. The Morgan fingerprint density at radius 2 is 1.92 bits per heavy atom. The number of amides is 1. The van der Waals surface area contributed by atoms with Gasteiger partial charge in [0.1, 0.15) is 23.3 Å². The van der Waals surface area contributed by atoms with E-state index in [1.54, 1.807) is 18.2 Å². The molecule has 1 unspecified atom stereocenters. The van der Waals surface area contributed by atoms with E-state index in [-0.39, 0.29) is 11.3 Å². The van der Waals surface area contributed by atoms with E-state index in [9.17, 15) is 14.7 Å². The number of fused-ring (bicyclic) bond motifs is 1. The molecule has 10 heteroatoms. The molecule has 3 heterocycles. The molecule has 1 aliphatic rings. The van der Waals surface area contributed by atoms with Gasteiger partial charge in [-0.05, 0) is 61.7 Å². The molecule has 1 atom stereocenters. The van der Waals surface area contributed by atoms with Crippen molar-refractivity contribution < 1.29 is 24.2 Å². The van der Waals surface area contributed by atoms with E-state index < -0.39 is 17.7 Å². The number of ether oxygens (including phenoxy) is 2. The predicted molar refractivity (Wildman–Crippen MR) is 143 cm³/mol. The summed E-state index contributed by atoms with van der Waals surface area (Å²) >= 11 is 8.88. The number of carbonyl (C=O) groups is 2. The molecule has 2 aromatic heterocycles. The number of anilines is 1. The number of Topliss-reactive ketones (excluding diaryl/α,β-unsaturated/α-hetero) is 1. The van der Waals surface area contributed by atoms with Gasteiger partial charge in [0.25, 0.3) is 5.78 Å². The van der Waals surface area contributed by atoms with Gasteiger partial charge in [-0.2, -0.15) is 0 Å². The Hall–Kier alpha value is -3.40. The van der Waals surface area contributed by atoms with Gasteiger partial charge in [-0.15, -0.1) is 11.3 Å². The lowest BCUT2D eigenvalue weighted by Gasteiger charge is -2.21. The number of hydrogen-bond acceptors (Lipinski definition) is 8. The Labute approximate surface area is 220 Å². The van der Waals surface area contributed by atoms with Gasteiger partial charge >= 0.3 is 5.91 Å². The first-order valence-electron chi connectivity index (χ1n) is 11.2. The molecule has 0 spiro atoms. The normalized spacial score (nSPS) is 17.2. The highest BCUT2D eigenvalue weighted by atomic mass is 35.5. The van der Waals surface area contributed by atoms with Gasteiger partial charge in [0.05, 0.1) is 34.0 Å². The molecule has 1 amide bonds. The molecule has 0 radical (unpaired) electrons. The molecule has 2 aromatic carbocycles. The van der Waals surface area contributed by atoms with E-state index in [0.717, 1.165) is 9.58 Å². The molecular formula is C26H21ClN2O5S2. The van der Waals surface area contributed by atoms with Gasteiger partial charge in [0.2, 0.25) is 0 Å². The molecule has 0 saturated carbocycles. The van der Waals surface area contributed by atoms with Gasteiger partial charge in [0, 0.05) is 10.4 Å². The molecule has 1 fully saturated rings. The number of hydrogen-bond donors (Lipinski definition) is 1. The molecule has 0 bridgehead atoms. The maximum atomic E-state index is 13.4. The fraction of sp³-hybridized carbons (Fsp3) is 0.192. The monoisotopic (exact) mass is 540 g/mol. The summed E-state index contributed by atoms with van der Waals surface area (Å²) in [7, 11) is 0. The van der Waals surface area contributed by atoms with Crippen LogP contribution >= 0.6 is 34.3 Å². The second kappa shape index (κ2) is 9.93. The van der Waals surface area contributed by atoms with Gasteiger partial charge in [-0.25, -0.2) is 4.98 Å². The molecule has 1 aliphatic heterocycles. The van der Waals surface area contributed by atoms with Crippen molar-refractivity contribution in [2.75, 3.05) is 18.1 Å². The zero-order valence-electron chi connectivity index (χ0n) is 19.4. The third-order valence-corrected chi connectivity index (χ3v) is 7.88. The number of thiophene rings is 1. The Balaban J connectivity index is 1.65. The number of aliphatic hydroxyl groups excluding tert-OH is 1. The van der Waals surface area contributed by atoms with E-state index in [1.807, 2.05) is 49.6 Å². The molecule has 184 valence electrons. The average molecular weight is 541 g/mol. The van der Waals surface area contributed by atoms with E-state index in [0.29, 0.717) is 45.9 Å². The van der Waals surface area contributed by atoms with Crippen LogP contribution in [0.3, 0.4) is 0 Å². The fourth-order valence-corrected chi connectivity index (χ4v) is 6.09. The summed E-state index contributed by atoms with van der Waals surface area (Å²) in [6.45, 7) is 4.63. The second-order valence-electron chi connectivity index (χ2n) is 7.82. The third-order valence-electron chi connectivity index (χ3n) is 5.63. The number of nitrogens with zero attached hydrogens (tertiary/aromatic N) is 2. The van der Waals surface area contributed by atoms with Crippen LogP contribution in [0, 0.1) is 0 Å². The first-order chi connectivity index (χ1) is 17.4. The van der Waals surface area contributed by atoms with Crippen molar-refractivity contribution in [3.8, 4) is 11.5 Å². The van der Waals surface area contributed by atoms with Gasteiger partial charge in [-0.1, -0.05) is 29.0 Å². The van der Waals surface area contributed by atoms with E-state index in [4.69, 9.17) is 21.1 Å².